The molecule has 0 radical (unpaired) electrons. The summed E-state index contributed by atoms with van der Waals surface area (Å²) in [7, 11) is 0. The van der Waals surface area contributed by atoms with Crippen molar-refractivity contribution in [1.82, 2.24) is 0 Å². The van der Waals surface area contributed by atoms with Crippen LogP contribution in [0.4, 0.5) is 18.9 Å². The Balaban J connectivity index is 2.29. The molecule has 0 bridgehead atoms. The van der Waals surface area contributed by atoms with Gasteiger partial charge >= 0.3 is 6.18 Å². The summed E-state index contributed by atoms with van der Waals surface area (Å²) in [4.78, 5) is 0. The minimum atomic E-state index is -4.46. The Labute approximate surface area is 120 Å². The van der Waals surface area contributed by atoms with Crippen LogP contribution in [0, 0.1) is 11.3 Å². The Kier molecular flexibility index (Phi) is 4.48. The van der Waals surface area contributed by atoms with E-state index < -0.39 is 11.7 Å². The zero-order chi connectivity index (χ0) is 14.8. The SMILES string of the molecule is CC1SCCCC1Nc1ccc(C#N)cc1C(F)(F)F. The third-order valence-electron chi connectivity index (χ3n) is 3.40. The summed E-state index contributed by atoms with van der Waals surface area (Å²) in [6.07, 6.45) is -2.59. The number of thioether (sulfide) groups is 1. The zero-order valence-corrected chi connectivity index (χ0v) is 11.8. The highest BCUT2D eigenvalue weighted by Crippen LogP contribution is 2.37. The second-order valence-corrected chi connectivity index (χ2v) is 6.32. The van der Waals surface area contributed by atoms with Crippen LogP contribution in [0.1, 0.15) is 30.9 Å². The first-order chi connectivity index (χ1) is 9.41. The quantitative estimate of drug-likeness (QED) is 0.886. The van der Waals surface area contributed by atoms with Gasteiger partial charge in [-0.05, 0) is 36.8 Å². The molecule has 1 aromatic carbocycles. The number of hydrogen-bond acceptors (Lipinski definition) is 3. The Bertz CT molecular complexity index is 522. The maximum Gasteiger partial charge on any atom is 0.418 e. The van der Waals surface area contributed by atoms with Crippen molar-refractivity contribution in [2.24, 2.45) is 0 Å². The van der Waals surface area contributed by atoms with Crippen LogP contribution in [0.25, 0.3) is 0 Å². The van der Waals surface area contributed by atoms with Crippen molar-refractivity contribution in [1.29, 1.82) is 5.26 Å². The fraction of sp³-hybridized carbons (Fsp3) is 0.500. The number of alkyl halides is 3. The van der Waals surface area contributed by atoms with Gasteiger partial charge in [0.15, 0.2) is 0 Å². The summed E-state index contributed by atoms with van der Waals surface area (Å²) in [5.74, 6) is 1.05. The van der Waals surface area contributed by atoms with E-state index in [1.54, 1.807) is 17.8 Å². The van der Waals surface area contributed by atoms with Crippen molar-refractivity contribution in [2.45, 2.75) is 37.2 Å². The summed E-state index contributed by atoms with van der Waals surface area (Å²) in [6.45, 7) is 2.03. The molecule has 1 saturated heterocycles. The highest BCUT2D eigenvalue weighted by Gasteiger charge is 2.35. The molecule has 1 heterocycles. The zero-order valence-electron chi connectivity index (χ0n) is 11.0. The maximum absolute atomic E-state index is 13.1. The lowest BCUT2D eigenvalue weighted by Gasteiger charge is -2.31. The van der Waals surface area contributed by atoms with Crippen molar-refractivity contribution < 1.29 is 13.2 Å². The summed E-state index contributed by atoms with van der Waals surface area (Å²) in [6, 6.07) is 5.45. The van der Waals surface area contributed by atoms with Gasteiger partial charge in [0.25, 0.3) is 0 Å². The van der Waals surface area contributed by atoms with Crippen LogP contribution in [0.2, 0.25) is 0 Å². The van der Waals surface area contributed by atoms with Gasteiger partial charge in [0, 0.05) is 17.0 Å². The van der Waals surface area contributed by atoms with Crippen LogP contribution in [-0.4, -0.2) is 17.0 Å². The predicted octanol–water partition coefficient (Wildman–Crippen LogP) is 4.27. The molecule has 1 aromatic rings. The first kappa shape index (κ1) is 15.0. The van der Waals surface area contributed by atoms with Crippen molar-refractivity contribution in [3.8, 4) is 6.07 Å². The van der Waals surface area contributed by atoms with Crippen molar-refractivity contribution in [2.75, 3.05) is 11.1 Å². The number of rotatable bonds is 2. The first-order valence-electron chi connectivity index (χ1n) is 6.41. The Hall–Kier alpha value is -1.35. The highest BCUT2D eigenvalue weighted by atomic mass is 32.2. The lowest BCUT2D eigenvalue weighted by atomic mass is 10.0. The number of nitriles is 1. The number of benzene rings is 1. The molecule has 1 N–H and O–H groups in total. The molecule has 6 heteroatoms. The molecule has 2 rings (SSSR count). The van der Waals surface area contributed by atoms with E-state index in [2.05, 4.69) is 5.32 Å². The lowest BCUT2D eigenvalue weighted by molar-refractivity contribution is -0.137. The fourth-order valence-corrected chi connectivity index (χ4v) is 3.43. The summed E-state index contributed by atoms with van der Waals surface area (Å²) < 4.78 is 39.2. The Morgan fingerprint density at radius 1 is 1.40 bits per heavy atom. The molecule has 1 aliphatic heterocycles. The van der Waals surface area contributed by atoms with Gasteiger partial charge in [-0.3, -0.25) is 0 Å². The van der Waals surface area contributed by atoms with Crippen LogP contribution in [0.5, 0.6) is 0 Å². The van der Waals surface area contributed by atoms with E-state index in [-0.39, 0.29) is 22.5 Å². The normalized spacial score (nSPS) is 23.1. The van der Waals surface area contributed by atoms with E-state index >= 15 is 0 Å². The number of nitrogens with zero attached hydrogens (tertiary/aromatic N) is 1. The van der Waals surface area contributed by atoms with Gasteiger partial charge in [0.1, 0.15) is 0 Å². The molecule has 0 aromatic heterocycles. The standard InChI is InChI=1S/C14H15F3N2S/c1-9-12(3-2-6-20-9)19-13-5-4-10(8-18)7-11(13)14(15,16)17/h4-5,7,9,12,19H,2-3,6H2,1H3. The molecule has 1 aliphatic rings. The van der Waals surface area contributed by atoms with E-state index in [0.29, 0.717) is 0 Å². The summed E-state index contributed by atoms with van der Waals surface area (Å²) in [5.41, 5.74) is -0.677. The molecule has 0 aliphatic carbocycles. The van der Waals surface area contributed by atoms with Crippen molar-refractivity contribution in [3.05, 3.63) is 29.3 Å². The summed E-state index contributed by atoms with van der Waals surface area (Å²) in [5, 5.41) is 12.0. The van der Waals surface area contributed by atoms with Crippen LogP contribution in [0.3, 0.4) is 0 Å². The minimum absolute atomic E-state index is 0.0222. The van der Waals surface area contributed by atoms with Crippen LogP contribution >= 0.6 is 11.8 Å². The smallest absolute Gasteiger partial charge is 0.381 e. The van der Waals surface area contributed by atoms with Gasteiger partial charge in [-0.15, -0.1) is 0 Å². The topological polar surface area (TPSA) is 35.8 Å². The van der Waals surface area contributed by atoms with E-state index in [0.717, 1.165) is 24.7 Å². The molecule has 0 spiro atoms. The van der Waals surface area contributed by atoms with Gasteiger partial charge in [-0.25, -0.2) is 0 Å². The number of halogens is 3. The minimum Gasteiger partial charge on any atom is -0.381 e. The van der Waals surface area contributed by atoms with Gasteiger partial charge in [-0.1, -0.05) is 6.92 Å². The summed E-state index contributed by atoms with van der Waals surface area (Å²) >= 11 is 1.77. The number of anilines is 1. The fourth-order valence-electron chi connectivity index (χ4n) is 2.29. The van der Waals surface area contributed by atoms with E-state index in [9.17, 15) is 13.2 Å². The molecular weight excluding hydrogens is 285 g/mol. The maximum atomic E-state index is 13.1. The second kappa shape index (κ2) is 5.96. The molecule has 0 saturated carbocycles. The average molecular weight is 300 g/mol. The van der Waals surface area contributed by atoms with E-state index in [1.165, 1.54) is 12.1 Å². The van der Waals surface area contributed by atoms with E-state index in [1.807, 2.05) is 6.92 Å². The largest absolute Gasteiger partial charge is 0.418 e. The molecule has 1 fully saturated rings. The van der Waals surface area contributed by atoms with Crippen molar-refractivity contribution in [3.63, 3.8) is 0 Å². The van der Waals surface area contributed by atoms with Gasteiger partial charge in [0.05, 0.1) is 17.2 Å². The van der Waals surface area contributed by atoms with Crippen LogP contribution in [0.15, 0.2) is 18.2 Å². The third-order valence-corrected chi connectivity index (χ3v) is 4.78. The number of nitrogens with one attached hydrogen (secondary N) is 1. The van der Waals surface area contributed by atoms with Crippen LogP contribution < -0.4 is 5.32 Å². The number of hydrogen-bond donors (Lipinski definition) is 1. The van der Waals surface area contributed by atoms with Crippen LogP contribution in [-0.2, 0) is 6.18 Å². The monoisotopic (exact) mass is 300 g/mol. The first-order valence-corrected chi connectivity index (χ1v) is 7.46. The van der Waals surface area contributed by atoms with Gasteiger partial charge in [0.2, 0.25) is 0 Å². The van der Waals surface area contributed by atoms with E-state index in [4.69, 9.17) is 5.26 Å². The molecule has 2 unspecified atom stereocenters. The predicted molar refractivity (Wildman–Crippen MR) is 74.7 cm³/mol. The van der Waals surface area contributed by atoms with Crippen molar-refractivity contribution >= 4 is 17.4 Å². The second-order valence-electron chi connectivity index (χ2n) is 4.84. The lowest BCUT2D eigenvalue weighted by Crippen LogP contribution is -2.33. The molecule has 108 valence electrons. The molecule has 2 nitrogen and oxygen atoms in total. The molecular formula is C14H15F3N2S. The molecule has 0 amide bonds. The highest BCUT2D eigenvalue weighted by molar-refractivity contribution is 8.00. The molecule has 20 heavy (non-hydrogen) atoms. The Morgan fingerprint density at radius 3 is 2.75 bits per heavy atom. The Morgan fingerprint density at radius 2 is 2.15 bits per heavy atom. The molecule has 2 atom stereocenters. The van der Waals surface area contributed by atoms with Gasteiger partial charge < -0.3 is 5.32 Å². The third kappa shape index (κ3) is 3.40. The average Bonchev–Trinajstić information content (AvgIpc) is 2.40. The van der Waals surface area contributed by atoms with Gasteiger partial charge in [-0.2, -0.15) is 30.2 Å².